The fourth-order valence-corrected chi connectivity index (χ4v) is 3.56. The number of nitrogens with zero attached hydrogens (tertiary/aromatic N) is 2. The summed E-state index contributed by atoms with van der Waals surface area (Å²) in [5.41, 5.74) is 3.59. The highest BCUT2D eigenvalue weighted by Gasteiger charge is 2.19. The van der Waals surface area contributed by atoms with E-state index in [2.05, 4.69) is 15.2 Å². The van der Waals surface area contributed by atoms with Crippen molar-refractivity contribution in [2.45, 2.75) is 6.54 Å². The molecule has 1 fully saturated rings. The Labute approximate surface area is 144 Å². The topological polar surface area (TPSA) is 53.1 Å². The standard InChI is InChI=1S/C18H19ClN4O/c19-14-6-7-15(22-10-8-20-9-11-22)16-17(14)23(18(24)21-16)12-13-4-2-1-3-5-13/h1-7,20H,8-12H2,(H,21,24). The molecule has 1 aromatic heterocycles. The smallest absolute Gasteiger partial charge is 0.326 e. The minimum Gasteiger partial charge on any atom is -0.367 e. The van der Waals surface area contributed by atoms with Gasteiger partial charge >= 0.3 is 5.69 Å². The minimum absolute atomic E-state index is 0.127. The number of aromatic amines is 1. The van der Waals surface area contributed by atoms with Crippen molar-refractivity contribution >= 4 is 28.3 Å². The summed E-state index contributed by atoms with van der Waals surface area (Å²) >= 11 is 6.44. The van der Waals surface area contributed by atoms with Crippen LogP contribution in [0.25, 0.3) is 11.0 Å². The highest BCUT2D eigenvalue weighted by Crippen LogP contribution is 2.30. The average Bonchev–Trinajstić information content (AvgIpc) is 2.94. The molecular weight excluding hydrogens is 324 g/mol. The Kier molecular flexibility index (Phi) is 4.04. The van der Waals surface area contributed by atoms with E-state index in [1.54, 1.807) is 4.57 Å². The molecule has 6 heteroatoms. The van der Waals surface area contributed by atoms with Crippen LogP contribution in [0, 0.1) is 0 Å². The van der Waals surface area contributed by atoms with E-state index in [0.717, 1.165) is 48.5 Å². The SMILES string of the molecule is O=c1[nH]c2c(N3CCNCC3)ccc(Cl)c2n1Cc1ccccc1. The summed E-state index contributed by atoms with van der Waals surface area (Å²) in [5.74, 6) is 0. The molecule has 4 rings (SSSR count). The molecule has 24 heavy (non-hydrogen) atoms. The predicted molar refractivity (Wildman–Crippen MR) is 98.2 cm³/mol. The molecule has 1 saturated heterocycles. The maximum absolute atomic E-state index is 12.5. The van der Waals surface area contributed by atoms with Crippen molar-refractivity contribution in [3.63, 3.8) is 0 Å². The predicted octanol–water partition coefficient (Wildman–Crippen LogP) is 2.44. The maximum atomic E-state index is 12.5. The molecule has 2 N–H and O–H groups in total. The van der Waals surface area contributed by atoms with Crippen LogP contribution >= 0.6 is 11.6 Å². The van der Waals surface area contributed by atoms with E-state index in [4.69, 9.17) is 11.6 Å². The van der Waals surface area contributed by atoms with E-state index in [1.807, 2.05) is 42.5 Å². The third-order valence-electron chi connectivity index (χ3n) is 4.49. The van der Waals surface area contributed by atoms with Gasteiger partial charge in [0.05, 0.1) is 28.3 Å². The first kappa shape index (κ1) is 15.3. The Bertz CT molecular complexity index is 910. The number of aromatic nitrogens is 2. The van der Waals surface area contributed by atoms with Crippen LogP contribution in [0.3, 0.4) is 0 Å². The summed E-state index contributed by atoms with van der Waals surface area (Å²) < 4.78 is 1.72. The number of hydrogen-bond donors (Lipinski definition) is 2. The third-order valence-corrected chi connectivity index (χ3v) is 4.80. The van der Waals surface area contributed by atoms with Gasteiger partial charge in [-0.25, -0.2) is 4.79 Å². The maximum Gasteiger partial charge on any atom is 0.326 e. The van der Waals surface area contributed by atoms with Crippen LogP contribution < -0.4 is 15.9 Å². The first-order chi connectivity index (χ1) is 11.7. The summed E-state index contributed by atoms with van der Waals surface area (Å²) in [5, 5.41) is 3.94. The second-order valence-electron chi connectivity index (χ2n) is 6.03. The van der Waals surface area contributed by atoms with Crippen molar-refractivity contribution in [2.24, 2.45) is 0 Å². The van der Waals surface area contributed by atoms with Crippen molar-refractivity contribution in [2.75, 3.05) is 31.1 Å². The van der Waals surface area contributed by atoms with Crippen LogP contribution in [-0.2, 0) is 6.54 Å². The van der Waals surface area contributed by atoms with Crippen LogP contribution in [0.4, 0.5) is 5.69 Å². The number of benzene rings is 2. The van der Waals surface area contributed by atoms with Crippen molar-refractivity contribution in [3.8, 4) is 0 Å². The van der Waals surface area contributed by atoms with Crippen LogP contribution in [0.1, 0.15) is 5.56 Å². The second-order valence-corrected chi connectivity index (χ2v) is 6.44. The van der Waals surface area contributed by atoms with Gasteiger partial charge in [-0.05, 0) is 17.7 Å². The molecule has 0 spiro atoms. The number of piperazine rings is 1. The van der Waals surface area contributed by atoms with Crippen LogP contribution in [0.5, 0.6) is 0 Å². The fraction of sp³-hybridized carbons (Fsp3) is 0.278. The number of fused-ring (bicyclic) bond motifs is 1. The molecule has 0 atom stereocenters. The minimum atomic E-state index is -0.127. The van der Waals surface area contributed by atoms with E-state index in [-0.39, 0.29) is 5.69 Å². The molecule has 0 radical (unpaired) electrons. The van der Waals surface area contributed by atoms with Crippen LogP contribution in [0.15, 0.2) is 47.3 Å². The summed E-state index contributed by atoms with van der Waals surface area (Å²) in [6.07, 6.45) is 0. The largest absolute Gasteiger partial charge is 0.367 e. The normalized spacial score (nSPS) is 15.1. The molecule has 124 valence electrons. The van der Waals surface area contributed by atoms with Gasteiger partial charge in [0, 0.05) is 26.2 Å². The Morgan fingerprint density at radius 3 is 2.54 bits per heavy atom. The first-order valence-corrected chi connectivity index (χ1v) is 8.52. The Hall–Kier alpha value is -2.24. The van der Waals surface area contributed by atoms with E-state index in [9.17, 15) is 4.79 Å². The highest BCUT2D eigenvalue weighted by molar-refractivity contribution is 6.35. The van der Waals surface area contributed by atoms with Gasteiger partial charge in [0.2, 0.25) is 0 Å². The van der Waals surface area contributed by atoms with Gasteiger partial charge in [-0.2, -0.15) is 0 Å². The van der Waals surface area contributed by atoms with Gasteiger partial charge in [-0.3, -0.25) is 4.57 Å². The summed E-state index contributed by atoms with van der Waals surface area (Å²) in [7, 11) is 0. The number of nitrogens with one attached hydrogen (secondary N) is 2. The zero-order chi connectivity index (χ0) is 16.5. The van der Waals surface area contributed by atoms with Gasteiger partial charge in [-0.15, -0.1) is 0 Å². The Balaban J connectivity index is 1.83. The van der Waals surface area contributed by atoms with Gasteiger partial charge in [-0.1, -0.05) is 41.9 Å². The molecule has 2 heterocycles. The highest BCUT2D eigenvalue weighted by atomic mass is 35.5. The van der Waals surface area contributed by atoms with Crippen molar-refractivity contribution in [1.82, 2.24) is 14.9 Å². The second kappa shape index (κ2) is 6.34. The molecule has 0 unspecified atom stereocenters. The Morgan fingerprint density at radius 1 is 1.04 bits per heavy atom. The van der Waals surface area contributed by atoms with E-state index < -0.39 is 0 Å². The lowest BCUT2D eigenvalue weighted by Gasteiger charge is -2.29. The molecule has 3 aromatic rings. The summed E-state index contributed by atoms with van der Waals surface area (Å²) in [4.78, 5) is 17.9. The van der Waals surface area contributed by atoms with Crippen LogP contribution in [-0.4, -0.2) is 35.7 Å². The first-order valence-electron chi connectivity index (χ1n) is 8.14. The average molecular weight is 343 g/mol. The zero-order valence-electron chi connectivity index (χ0n) is 13.3. The molecule has 5 nitrogen and oxygen atoms in total. The molecule has 0 bridgehead atoms. The van der Waals surface area contributed by atoms with Crippen LogP contribution in [0.2, 0.25) is 5.02 Å². The van der Waals surface area contributed by atoms with Crippen molar-refractivity contribution < 1.29 is 0 Å². The molecule has 0 saturated carbocycles. The van der Waals surface area contributed by atoms with Gasteiger partial charge in [0.1, 0.15) is 0 Å². The van der Waals surface area contributed by atoms with E-state index in [0.29, 0.717) is 11.6 Å². The van der Waals surface area contributed by atoms with Gasteiger partial charge in [0.15, 0.2) is 0 Å². The summed E-state index contributed by atoms with van der Waals surface area (Å²) in [6.45, 7) is 4.23. The van der Waals surface area contributed by atoms with E-state index >= 15 is 0 Å². The molecule has 1 aliphatic heterocycles. The molecule has 0 aliphatic carbocycles. The molecular formula is C18H19ClN4O. The van der Waals surface area contributed by atoms with E-state index in [1.165, 1.54) is 0 Å². The lowest BCUT2D eigenvalue weighted by molar-refractivity contribution is 0.590. The summed E-state index contributed by atoms with van der Waals surface area (Å²) in [6, 6.07) is 13.8. The lowest BCUT2D eigenvalue weighted by atomic mass is 10.2. The monoisotopic (exact) mass is 342 g/mol. The number of anilines is 1. The quantitative estimate of drug-likeness (QED) is 0.768. The number of halogens is 1. The van der Waals surface area contributed by atoms with Crippen molar-refractivity contribution in [3.05, 3.63) is 63.5 Å². The molecule has 2 aromatic carbocycles. The lowest BCUT2D eigenvalue weighted by Crippen LogP contribution is -2.43. The number of rotatable bonds is 3. The van der Waals surface area contributed by atoms with Gasteiger partial charge < -0.3 is 15.2 Å². The number of imidazole rings is 1. The third kappa shape index (κ3) is 2.70. The van der Waals surface area contributed by atoms with Gasteiger partial charge in [0.25, 0.3) is 0 Å². The molecule has 0 amide bonds. The molecule has 1 aliphatic rings. The fourth-order valence-electron chi connectivity index (χ4n) is 3.30. The number of H-pyrrole nitrogens is 1. The Morgan fingerprint density at radius 2 is 1.79 bits per heavy atom. The number of hydrogen-bond acceptors (Lipinski definition) is 3. The van der Waals surface area contributed by atoms with Crippen molar-refractivity contribution in [1.29, 1.82) is 0 Å². The zero-order valence-corrected chi connectivity index (χ0v) is 14.0.